The molecule has 0 radical (unpaired) electrons. The first kappa shape index (κ1) is 14.3. The van der Waals surface area contributed by atoms with Gasteiger partial charge in [-0.3, -0.25) is 4.79 Å². The van der Waals surface area contributed by atoms with E-state index in [1.165, 1.54) is 19.3 Å². The molecule has 0 spiro atoms. The number of thioether (sulfide) groups is 1. The van der Waals surface area contributed by atoms with Crippen LogP contribution in [-0.2, 0) is 4.79 Å². The van der Waals surface area contributed by atoms with Gasteiger partial charge in [-0.2, -0.15) is 17.0 Å². The lowest BCUT2D eigenvalue weighted by Crippen LogP contribution is -2.45. The van der Waals surface area contributed by atoms with Gasteiger partial charge >= 0.3 is 0 Å². The number of nitriles is 1. The van der Waals surface area contributed by atoms with Crippen molar-refractivity contribution in [1.29, 1.82) is 5.26 Å². The normalized spacial score (nSPS) is 24.0. The molecule has 0 aromatic rings. The molecule has 2 N–H and O–H groups in total. The van der Waals surface area contributed by atoms with Gasteiger partial charge in [0.05, 0.1) is 19.0 Å². The summed E-state index contributed by atoms with van der Waals surface area (Å²) in [7, 11) is 0. The molecule has 1 rings (SSSR count). The van der Waals surface area contributed by atoms with Gasteiger partial charge in [0.25, 0.3) is 0 Å². The Morgan fingerprint density at radius 3 is 2.94 bits per heavy atom. The van der Waals surface area contributed by atoms with E-state index in [4.69, 9.17) is 5.26 Å². The Balaban J connectivity index is 2.19. The van der Waals surface area contributed by atoms with Gasteiger partial charge in [0, 0.05) is 17.8 Å². The molecular formula is C12H21N3OS. The summed E-state index contributed by atoms with van der Waals surface area (Å²) in [6.45, 7) is 0.820. The highest BCUT2D eigenvalue weighted by Crippen LogP contribution is 2.26. The summed E-state index contributed by atoms with van der Waals surface area (Å²) in [5.74, 6) is -0.00863. The molecule has 4 nitrogen and oxygen atoms in total. The highest BCUT2D eigenvalue weighted by molar-refractivity contribution is 7.99. The van der Waals surface area contributed by atoms with Crippen LogP contribution in [0.25, 0.3) is 0 Å². The monoisotopic (exact) mass is 255 g/mol. The van der Waals surface area contributed by atoms with E-state index in [-0.39, 0.29) is 5.91 Å². The summed E-state index contributed by atoms with van der Waals surface area (Å²) in [6, 6.07) is 2.47. The van der Waals surface area contributed by atoms with E-state index >= 15 is 0 Å². The lowest BCUT2D eigenvalue weighted by atomic mass is 9.95. The third-order valence-electron chi connectivity index (χ3n) is 3.09. The SMILES string of the molecule is CSC1CCCCC1NCC(=O)NCCC#N. The molecule has 1 aliphatic carbocycles. The third kappa shape index (κ3) is 5.42. The second-order valence-corrected chi connectivity index (χ2v) is 5.38. The Labute approximate surface area is 108 Å². The Bertz CT molecular complexity index is 277. The van der Waals surface area contributed by atoms with Crippen LogP contribution in [0.4, 0.5) is 0 Å². The van der Waals surface area contributed by atoms with Gasteiger partial charge in [-0.25, -0.2) is 0 Å². The smallest absolute Gasteiger partial charge is 0.233 e. The number of hydrogen-bond acceptors (Lipinski definition) is 4. The van der Waals surface area contributed by atoms with E-state index in [1.807, 2.05) is 17.8 Å². The van der Waals surface area contributed by atoms with Crippen molar-refractivity contribution in [2.75, 3.05) is 19.3 Å². The van der Waals surface area contributed by atoms with Gasteiger partial charge in [-0.05, 0) is 19.1 Å². The molecule has 0 aliphatic heterocycles. The van der Waals surface area contributed by atoms with Gasteiger partial charge in [0.1, 0.15) is 0 Å². The van der Waals surface area contributed by atoms with Crippen LogP contribution in [0.15, 0.2) is 0 Å². The summed E-state index contributed by atoms with van der Waals surface area (Å²) < 4.78 is 0. The van der Waals surface area contributed by atoms with Crippen molar-refractivity contribution < 1.29 is 4.79 Å². The minimum atomic E-state index is -0.00863. The molecule has 1 saturated carbocycles. The number of nitrogens with zero attached hydrogens (tertiary/aromatic N) is 1. The molecule has 0 heterocycles. The molecule has 2 atom stereocenters. The molecule has 0 bridgehead atoms. The highest BCUT2D eigenvalue weighted by atomic mass is 32.2. The molecule has 0 aromatic heterocycles. The number of carbonyl (C=O) groups is 1. The first-order valence-corrected chi connectivity index (χ1v) is 7.46. The zero-order valence-corrected chi connectivity index (χ0v) is 11.2. The average Bonchev–Trinajstić information content (AvgIpc) is 2.37. The van der Waals surface area contributed by atoms with Crippen molar-refractivity contribution >= 4 is 17.7 Å². The lowest BCUT2D eigenvalue weighted by molar-refractivity contribution is -0.120. The van der Waals surface area contributed by atoms with Crippen LogP contribution < -0.4 is 10.6 Å². The Hall–Kier alpha value is -0.730. The zero-order valence-electron chi connectivity index (χ0n) is 10.4. The zero-order chi connectivity index (χ0) is 12.5. The molecule has 96 valence electrons. The molecule has 2 unspecified atom stereocenters. The molecule has 1 aliphatic rings. The fraction of sp³-hybridized carbons (Fsp3) is 0.833. The van der Waals surface area contributed by atoms with Crippen LogP contribution >= 0.6 is 11.8 Å². The summed E-state index contributed by atoms with van der Waals surface area (Å²) in [5.41, 5.74) is 0. The second-order valence-electron chi connectivity index (χ2n) is 4.30. The number of nitrogens with one attached hydrogen (secondary N) is 2. The van der Waals surface area contributed by atoms with Crippen molar-refractivity contribution in [3.8, 4) is 6.07 Å². The highest BCUT2D eigenvalue weighted by Gasteiger charge is 2.24. The van der Waals surface area contributed by atoms with E-state index in [0.717, 1.165) is 6.42 Å². The first-order chi connectivity index (χ1) is 8.27. The maximum Gasteiger partial charge on any atom is 0.233 e. The van der Waals surface area contributed by atoms with E-state index in [2.05, 4.69) is 16.9 Å². The molecule has 5 heteroatoms. The van der Waals surface area contributed by atoms with Crippen LogP contribution in [0, 0.1) is 11.3 Å². The minimum absolute atomic E-state index is 0.00863. The Kier molecular flexibility index (Phi) is 7.06. The van der Waals surface area contributed by atoms with Crippen molar-refractivity contribution in [1.82, 2.24) is 10.6 Å². The third-order valence-corrected chi connectivity index (χ3v) is 4.26. The molecule has 1 fully saturated rings. The van der Waals surface area contributed by atoms with Gasteiger partial charge in [-0.15, -0.1) is 0 Å². The van der Waals surface area contributed by atoms with Gasteiger partial charge in [0.2, 0.25) is 5.91 Å². The molecule has 0 saturated heterocycles. The van der Waals surface area contributed by atoms with Crippen LogP contribution in [-0.4, -0.2) is 36.5 Å². The van der Waals surface area contributed by atoms with Crippen LogP contribution in [0.2, 0.25) is 0 Å². The number of rotatable bonds is 6. The quantitative estimate of drug-likeness (QED) is 0.702. The van der Waals surface area contributed by atoms with Gasteiger partial charge in [-0.1, -0.05) is 12.8 Å². The summed E-state index contributed by atoms with van der Waals surface area (Å²) >= 11 is 1.89. The predicted octanol–water partition coefficient (Wildman–Crippen LogP) is 1.28. The fourth-order valence-corrected chi connectivity index (χ4v) is 3.12. The first-order valence-electron chi connectivity index (χ1n) is 6.17. The Morgan fingerprint density at radius 1 is 1.47 bits per heavy atom. The van der Waals surface area contributed by atoms with E-state index < -0.39 is 0 Å². The maximum atomic E-state index is 11.5. The topological polar surface area (TPSA) is 64.9 Å². The number of amides is 1. The van der Waals surface area contributed by atoms with Crippen molar-refractivity contribution in [2.45, 2.75) is 43.4 Å². The van der Waals surface area contributed by atoms with Gasteiger partial charge in [0.15, 0.2) is 0 Å². The maximum absolute atomic E-state index is 11.5. The van der Waals surface area contributed by atoms with E-state index in [1.54, 1.807) is 0 Å². The molecular weight excluding hydrogens is 234 g/mol. The molecule has 1 amide bonds. The van der Waals surface area contributed by atoms with E-state index in [9.17, 15) is 4.79 Å². The van der Waals surface area contributed by atoms with Crippen LogP contribution in [0.5, 0.6) is 0 Å². The standard InChI is InChI=1S/C12H21N3OS/c1-17-11-6-3-2-5-10(11)15-9-12(16)14-8-4-7-13/h10-11,15H,2-6,8-9H2,1H3,(H,14,16). The van der Waals surface area contributed by atoms with Crippen molar-refractivity contribution in [3.05, 3.63) is 0 Å². The molecule has 0 aromatic carbocycles. The number of carbonyl (C=O) groups excluding carboxylic acids is 1. The average molecular weight is 255 g/mol. The number of hydrogen-bond donors (Lipinski definition) is 2. The summed E-state index contributed by atoms with van der Waals surface area (Å²) in [5, 5.41) is 15.1. The predicted molar refractivity (Wildman–Crippen MR) is 70.8 cm³/mol. The Morgan fingerprint density at radius 2 is 2.24 bits per heavy atom. The summed E-state index contributed by atoms with van der Waals surface area (Å²) in [4.78, 5) is 11.5. The van der Waals surface area contributed by atoms with Crippen molar-refractivity contribution in [3.63, 3.8) is 0 Å². The summed E-state index contributed by atoms with van der Waals surface area (Å²) in [6.07, 6.45) is 7.48. The van der Waals surface area contributed by atoms with Crippen LogP contribution in [0.3, 0.4) is 0 Å². The minimum Gasteiger partial charge on any atom is -0.354 e. The largest absolute Gasteiger partial charge is 0.354 e. The lowest BCUT2D eigenvalue weighted by Gasteiger charge is -2.30. The van der Waals surface area contributed by atoms with E-state index in [0.29, 0.717) is 30.8 Å². The van der Waals surface area contributed by atoms with Crippen molar-refractivity contribution in [2.24, 2.45) is 0 Å². The second kappa shape index (κ2) is 8.37. The van der Waals surface area contributed by atoms with Crippen LogP contribution in [0.1, 0.15) is 32.1 Å². The fourth-order valence-electron chi connectivity index (χ4n) is 2.16. The van der Waals surface area contributed by atoms with Gasteiger partial charge < -0.3 is 10.6 Å². The molecule has 17 heavy (non-hydrogen) atoms.